The Morgan fingerprint density at radius 3 is 2.40 bits per heavy atom. The average molecular weight is 629 g/mol. The first kappa shape index (κ1) is 32.0. The Labute approximate surface area is 262 Å². The lowest BCUT2D eigenvalue weighted by atomic mass is 9.49. The predicted octanol–water partition coefficient (Wildman–Crippen LogP) is -0.809. The lowest BCUT2D eigenvalue weighted by molar-refractivity contribution is -0.117. The molecule has 1 saturated carbocycles. The molecule has 0 bridgehead atoms. The highest BCUT2D eigenvalue weighted by molar-refractivity contribution is 7.88. The minimum absolute atomic E-state index is 0.0241. The smallest absolute Gasteiger partial charge is 0.316 e. The van der Waals surface area contributed by atoms with Crippen LogP contribution in [0.3, 0.4) is 0 Å². The molecule has 0 atom stereocenters. The fraction of sp³-hybridized carbons (Fsp3) is 0.400. The van der Waals surface area contributed by atoms with Gasteiger partial charge in [-0.25, -0.2) is 8.42 Å². The van der Waals surface area contributed by atoms with Gasteiger partial charge in [-0.2, -0.15) is 9.29 Å². The highest BCUT2D eigenvalue weighted by Crippen LogP contribution is 2.37. The Morgan fingerprint density at radius 2 is 1.78 bits per heavy atom. The van der Waals surface area contributed by atoms with Crippen LogP contribution < -0.4 is 20.7 Å². The number of nitrogens with zero attached hydrogens (tertiary/aromatic N) is 6. The first-order chi connectivity index (χ1) is 21.2. The third-order valence-electron chi connectivity index (χ3n) is 6.87. The number of hydrogen-bond acceptors (Lipinski definition) is 12. The van der Waals surface area contributed by atoms with Crippen molar-refractivity contribution >= 4 is 68.5 Å². The standard InChI is InChI=1S/C25H26B3N9O7S/c1-43-19-14(20-31-23(44-35-20)24(40)36-8-10-37(11-9-36)45(2,41)42)4-3-5-15(19)29-16-12-17(30-21(38)13-6-7-13)33-34-18(16)22(39)32-25(26,27)28/h3-5,12-13H,6-11H2,1-2H3,(H,32,39)(H2,29,30,33,38). The molecule has 5 rings (SSSR count). The van der Waals surface area contributed by atoms with E-state index >= 15 is 0 Å². The Morgan fingerprint density at radius 1 is 1.07 bits per heavy atom. The highest BCUT2D eigenvalue weighted by Gasteiger charge is 2.32. The van der Waals surface area contributed by atoms with Crippen molar-refractivity contribution in [2.24, 2.45) is 5.92 Å². The van der Waals surface area contributed by atoms with Gasteiger partial charge in [0.15, 0.2) is 17.3 Å². The summed E-state index contributed by atoms with van der Waals surface area (Å²) >= 11 is 0. The minimum atomic E-state index is -3.37. The summed E-state index contributed by atoms with van der Waals surface area (Å²) in [4.78, 5) is 44.0. The van der Waals surface area contributed by atoms with E-state index in [2.05, 4.69) is 36.3 Å². The third kappa shape index (κ3) is 7.62. The van der Waals surface area contributed by atoms with Crippen LogP contribution in [0.4, 0.5) is 17.2 Å². The van der Waals surface area contributed by atoms with Gasteiger partial charge in [0.1, 0.15) is 0 Å². The molecule has 3 N–H and O–H groups in total. The van der Waals surface area contributed by atoms with E-state index in [9.17, 15) is 22.8 Å². The van der Waals surface area contributed by atoms with Gasteiger partial charge in [-0.3, -0.25) is 14.4 Å². The molecule has 228 valence electrons. The first-order valence-corrected chi connectivity index (χ1v) is 15.5. The molecule has 1 saturated heterocycles. The summed E-state index contributed by atoms with van der Waals surface area (Å²) < 4.78 is 35.8. The Bertz CT molecular complexity index is 1740. The molecule has 1 aromatic carbocycles. The van der Waals surface area contributed by atoms with Gasteiger partial charge in [-0.1, -0.05) is 16.5 Å². The number of carbonyl (C=O) groups excluding carboxylic acids is 3. The normalized spacial score (nSPS) is 15.7. The lowest BCUT2D eigenvalue weighted by Gasteiger charge is -2.32. The fourth-order valence-corrected chi connectivity index (χ4v) is 5.33. The van der Waals surface area contributed by atoms with E-state index in [1.54, 1.807) is 18.2 Å². The number of sulfonamides is 1. The van der Waals surface area contributed by atoms with E-state index in [1.807, 2.05) is 0 Å². The molecule has 0 unspecified atom stereocenters. The van der Waals surface area contributed by atoms with Gasteiger partial charge in [0.05, 0.1) is 53.8 Å². The zero-order valence-electron chi connectivity index (χ0n) is 24.3. The maximum atomic E-state index is 13.0. The zero-order chi connectivity index (χ0) is 32.5. The molecule has 2 aliphatic rings. The monoisotopic (exact) mass is 629 g/mol. The van der Waals surface area contributed by atoms with Crippen LogP contribution in [0.25, 0.3) is 11.4 Å². The summed E-state index contributed by atoms with van der Waals surface area (Å²) in [7, 11) is 14.6. The van der Waals surface area contributed by atoms with Crippen LogP contribution >= 0.6 is 0 Å². The highest BCUT2D eigenvalue weighted by atomic mass is 32.2. The largest absolute Gasteiger partial charge is 0.494 e. The number of methoxy groups -OCH3 is 1. The van der Waals surface area contributed by atoms with Crippen molar-refractivity contribution in [3.63, 3.8) is 0 Å². The van der Waals surface area contributed by atoms with Crippen LogP contribution in [0.1, 0.15) is 34.0 Å². The second kappa shape index (κ2) is 12.5. The number of ether oxygens (including phenoxy) is 1. The number of amides is 3. The van der Waals surface area contributed by atoms with Crippen molar-refractivity contribution in [2.75, 3.05) is 50.2 Å². The van der Waals surface area contributed by atoms with Crippen LogP contribution in [-0.4, -0.2) is 124 Å². The number of piperazine rings is 1. The molecule has 0 spiro atoms. The number of para-hydroxylation sites is 1. The van der Waals surface area contributed by atoms with E-state index in [-0.39, 0.29) is 72.7 Å². The maximum Gasteiger partial charge on any atom is 0.316 e. The van der Waals surface area contributed by atoms with Gasteiger partial charge < -0.3 is 30.1 Å². The lowest BCUT2D eigenvalue weighted by Crippen LogP contribution is -2.50. The van der Waals surface area contributed by atoms with E-state index < -0.39 is 27.1 Å². The van der Waals surface area contributed by atoms with E-state index in [1.165, 1.54) is 22.4 Å². The molecule has 3 heterocycles. The molecule has 6 radical (unpaired) electrons. The topological polar surface area (TPSA) is 202 Å². The summed E-state index contributed by atoms with van der Waals surface area (Å²) in [5.74, 6) is -1.72. The molecule has 1 aliphatic carbocycles. The van der Waals surface area contributed by atoms with Crippen molar-refractivity contribution in [3.8, 4) is 17.1 Å². The van der Waals surface area contributed by atoms with Gasteiger partial charge in [0, 0.05) is 38.2 Å². The number of anilines is 3. The van der Waals surface area contributed by atoms with E-state index in [4.69, 9.17) is 32.8 Å². The SMILES string of the molecule is [B]C([B])([B])NC(=O)c1nnc(NC(=O)C2CC2)cc1Nc1cccc(-c2noc(C(=O)N3CCN(S(C)(=O)=O)CC3)n2)c1OC. The molecular weight excluding hydrogens is 603 g/mol. The Hall–Kier alpha value is -4.45. The number of rotatable bonds is 10. The van der Waals surface area contributed by atoms with Crippen LogP contribution in [0.2, 0.25) is 0 Å². The molecule has 16 nitrogen and oxygen atoms in total. The van der Waals surface area contributed by atoms with Crippen molar-refractivity contribution in [2.45, 2.75) is 18.1 Å². The molecule has 3 amide bonds. The average Bonchev–Trinajstić information content (AvgIpc) is 3.72. The van der Waals surface area contributed by atoms with Crippen molar-refractivity contribution < 1.29 is 32.1 Å². The van der Waals surface area contributed by atoms with Crippen LogP contribution in [0.15, 0.2) is 28.8 Å². The molecule has 2 fully saturated rings. The van der Waals surface area contributed by atoms with E-state index in [0.717, 1.165) is 19.1 Å². The van der Waals surface area contributed by atoms with Crippen molar-refractivity contribution in [3.05, 3.63) is 35.9 Å². The van der Waals surface area contributed by atoms with Crippen LogP contribution in [-0.2, 0) is 14.8 Å². The van der Waals surface area contributed by atoms with Crippen molar-refractivity contribution in [1.82, 2.24) is 34.9 Å². The van der Waals surface area contributed by atoms with Crippen molar-refractivity contribution in [1.29, 1.82) is 0 Å². The van der Waals surface area contributed by atoms with Gasteiger partial charge in [0.25, 0.3) is 5.91 Å². The number of benzene rings is 1. The molecule has 1 aliphatic heterocycles. The summed E-state index contributed by atoms with van der Waals surface area (Å²) in [5.41, 5.74) is 0.476. The third-order valence-corrected chi connectivity index (χ3v) is 8.17. The maximum absolute atomic E-state index is 13.0. The summed E-state index contributed by atoms with van der Waals surface area (Å²) in [6.45, 7) is 0.605. The molecule has 20 heteroatoms. The van der Waals surface area contributed by atoms with Crippen LogP contribution in [0.5, 0.6) is 5.75 Å². The quantitative estimate of drug-likeness (QED) is 0.236. The number of nitrogens with one attached hydrogen (secondary N) is 3. The number of hydrogen-bond donors (Lipinski definition) is 3. The predicted molar refractivity (Wildman–Crippen MR) is 163 cm³/mol. The zero-order valence-corrected chi connectivity index (χ0v) is 25.1. The van der Waals surface area contributed by atoms with Gasteiger partial charge >= 0.3 is 11.8 Å². The summed E-state index contributed by atoms with van der Waals surface area (Å²) in [6, 6.07) is 6.28. The Balaban J connectivity index is 1.41. The van der Waals surface area contributed by atoms with Crippen LogP contribution in [0, 0.1) is 5.92 Å². The Kier molecular flexibility index (Phi) is 8.89. The summed E-state index contributed by atoms with van der Waals surface area (Å²) in [6.07, 6.45) is 2.65. The van der Waals surface area contributed by atoms with Gasteiger partial charge in [-0.05, 0) is 25.0 Å². The molecule has 45 heavy (non-hydrogen) atoms. The minimum Gasteiger partial charge on any atom is -0.494 e. The summed E-state index contributed by atoms with van der Waals surface area (Å²) in [5, 5.41) is 17.7. The molecule has 2 aromatic heterocycles. The van der Waals surface area contributed by atoms with E-state index in [0.29, 0.717) is 11.3 Å². The van der Waals surface area contributed by atoms with Gasteiger partial charge in [0.2, 0.25) is 21.8 Å². The fourth-order valence-electron chi connectivity index (χ4n) is 4.50. The molecule has 3 aromatic rings. The first-order valence-electron chi connectivity index (χ1n) is 13.6. The second-order valence-corrected chi connectivity index (χ2v) is 12.5. The van der Waals surface area contributed by atoms with Gasteiger partial charge in [-0.15, -0.1) is 10.2 Å². The second-order valence-electron chi connectivity index (χ2n) is 10.5. The number of aromatic nitrogens is 4. The number of carbonyl (C=O) groups is 3. The molecular formula is C25H26B3N9O7S.